The molecule has 0 radical (unpaired) electrons. The SMILES string of the molecule is CC(C)OC(=O)c1c(NC(=O)c2ccccc2F)sc2c1CC[C@@H](C)C2. The zero-order valence-corrected chi connectivity index (χ0v) is 15.9. The van der Waals surface area contributed by atoms with Crippen LogP contribution in [0.3, 0.4) is 0 Å². The predicted octanol–water partition coefficient (Wildman–Crippen LogP) is 4.83. The normalized spacial score (nSPS) is 16.3. The topological polar surface area (TPSA) is 55.4 Å². The molecule has 6 heteroatoms. The lowest BCUT2D eigenvalue weighted by Crippen LogP contribution is -2.19. The maximum absolute atomic E-state index is 13.9. The van der Waals surface area contributed by atoms with Gasteiger partial charge in [0.15, 0.2) is 0 Å². The summed E-state index contributed by atoms with van der Waals surface area (Å²) in [5.41, 5.74) is 1.34. The van der Waals surface area contributed by atoms with Crippen LogP contribution >= 0.6 is 11.3 Å². The molecular weight excluding hydrogens is 353 g/mol. The number of thiophene rings is 1. The van der Waals surface area contributed by atoms with Gasteiger partial charge in [-0.3, -0.25) is 4.79 Å². The van der Waals surface area contributed by atoms with E-state index in [1.165, 1.54) is 29.5 Å². The number of hydrogen-bond donors (Lipinski definition) is 1. The Morgan fingerprint density at radius 1 is 1.31 bits per heavy atom. The van der Waals surface area contributed by atoms with Crippen LogP contribution in [0.25, 0.3) is 0 Å². The van der Waals surface area contributed by atoms with Crippen LogP contribution in [0.15, 0.2) is 24.3 Å². The molecule has 1 N–H and O–H groups in total. The van der Waals surface area contributed by atoms with Gasteiger partial charge >= 0.3 is 5.97 Å². The summed E-state index contributed by atoms with van der Waals surface area (Å²) in [4.78, 5) is 26.2. The summed E-state index contributed by atoms with van der Waals surface area (Å²) in [7, 11) is 0. The maximum Gasteiger partial charge on any atom is 0.341 e. The van der Waals surface area contributed by atoms with Gasteiger partial charge in [-0.15, -0.1) is 11.3 Å². The van der Waals surface area contributed by atoms with Crippen molar-refractivity contribution in [2.45, 2.75) is 46.1 Å². The summed E-state index contributed by atoms with van der Waals surface area (Å²) in [6.07, 6.45) is 2.39. The van der Waals surface area contributed by atoms with E-state index in [-0.39, 0.29) is 11.7 Å². The van der Waals surface area contributed by atoms with Crippen molar-refractivity contribution in [3.05, 3.63) is 51.7 Å². The van der Waals surface area contributed by atoms with Gasteiger partial charge in [-0.25, -0.2) is 9.18 Å². The fraction of sp³-hybridized carbons (Fsp3) is 0.400. The van der Waals surface area contributed by atoms with Gasteiger partial charge in [-0.05, 0) is 56.7 Å². The standard InChI is InChI=1S/C20H22FNO3S/c1-11(2)25-20(24)17-14-9-8-12(3)10-16(14)26-19(17)22-18(23)13-6-4-5-7-15(13)21/h4-7,11-12H,8-10H2,1-3H3,(H,22,23)/t12-/m1/s1. The highest BCUT2D eigenvalue weighted by Gasteiger charge is 2.30. The Labute approximate surface area is 156 Å². The lowest BCUT2D eigenvalue weighted by Gasteiger charge is -2.18. The molecule has 0 unspecified atom stereocenters. The number of esters is 1. The van der Waals surface area contributed by atoms with Gasteiger partial charge in [0.25, 0.3) is 5.91 Å². The third kappa shape index (κ3) is 3.80. The summed E-state index contributed by atoms with van der Waals surface area (Å²) in [6.45, 7) is 5.75. The zero-order valence-electron chi connectivity index (χ0n) is 15.1. The molecule has 4 nitrogen and oxygen atoms in total. The number of benzene rings is 1. The average molecular weight is 375 g/mol. The van der Waals surface area contributed by atoms with Crippen molar-refractivity contribution >= 4 is 28.2 Å². The number of carbonyl (C=O) groups excluding carboxylic acids is 2. The molecule has 1 aromatic heterocycles. The van der Waals surface area contributed by atoms with Crippen molar-refractivity contribution in [3.63, 3.8) is 0 Å². The van der Waals surface area contributed by atoms with Crippen molar-refractivity contribution in [2.24, 2.45) is 5.92 Å². The monoisotopic (exact) mass is 375 g/mol. The number of fused-ring (bicyclic) bond motifs is 1. The van der Waals surface area contributed by atoms with Gasteiger partial charge in [0.05, 0.1) is 17.2 Å². The molecule has 2 aromatic rings. The molecule has 1 aliphatic rings. The van der Waals surface area contributed by atoms with Crippen LogP contribution in [-0.2, 0) is 17.6 Å². The highest BCUT2D eigenvalue weighted by molar-refractivity contribution is 7.17. The third-order valence-electron chi connectivity index (χ3n) is 4.40. The van der Waals surface area contributed by atoms with Crippen LogP contribution in [0.2, 0.25) is 0 Å². The van der Waals surface area contributed by atoms with Crippen molar-refractivity contribution in [1.29, 1.82) is 0 Å². The first-order valence-electron chi connectivity index (χ1n) is 8.78. The van der Waals surface area contributed by atoms with Gasteiger partial charge in [0.2, 0.25) is 0 Å². The van der Waals surface area contributed by atoms with Crippen LogP contribution in [0.5, 0.6) is 0 Å². The van der Waals surface area contributed by atoms with Crippen LogP contribution in [0.1, 0.15) is 58.3 Å². The number of halogens is 1. The van der Waals surface area contributed by atoms with E-state index in [0.717, 1.165) is 29.7 Å². The van der Waals surface area contributed by atoms with Crippen molar-refractivity contribution in [3.8, 4) is 0 Å². The van der Waals surface area contributed by atoms with E-state index >= 15 is 0 Å². The molecule has 0 fully saturated rings. The Kier molecular flexibility index (Phi) is 5.41. The first-order valence-corrected chi connectivity index (χ1v) is 9.59. The second-order valence-electron chi connectivity index (χ2n) is 6.94. The lowest BCUT2D eigenvalue weighted by atomic mass is 9.88. The molecular formula is C20H22FNO3S. The molecule has 0 aliphatic heterocycles. The fourth-order valence-electron chi connectivity index (χ4n) is 3.14. The Bertz CT molecular complexity index is 844. The fourth-order valence-corrected chi connectivity index (χ4v) is 4.54. The minimum absolute atomic E-state index is 0.0459. The first kappa shape index (κ1) is 18.6. The number of hydrogen-bond acceptors (Lipinski definition) is 4. The van der Waals surface area contributed by atoms with E-state index in [1.807, 2.05) is 0 Å². The summed E-state index contributed by atoms with van der Waals surface area (Å²) < 4.78 is 19.3. The molecule has 0 saturated heterocycles. The molecule has 1 aromatic carbocycles. The van der Waals surface area contributed by atoms with Crippen LogP contribution in [0.4, 0.5) is 9.39 Å². The Morgan fingerprint density at radius 2 is 2.04 bits per heavy atom. The third-order valence-corrected chi connectivity index (χ3v) is 5.57. The summed E-state index contributed by atoms with van der Waals surface area (Å²) in [5, 5.41) is 3.18. The average Bonchev–Trinajstić information content (AvgIpc) is 2.91. The Hall–Kier alpha value is -2.21. The molecule has 1 atom stereocenters. The molecule has 138 valence electrons. The van der Waals surface area contributed by atoms with Gasteiger partial charge in [0.1, 0.15) is 10.8 Å². The zero-order chi connectivity index (χ0) is 18.8. The highest BCUT2D eigenvalue weighted by Crippen LogP contribution is 2.40. The van der Waals surface area contributed by atoms with E-state index in [1.54, 1.807) is 19.9 Å². The summed E-state index contributed by atoms with van der Waals surface area (Å²) in [6, 6.07) is 5.80. The smallest absolute Gasteiger partial charge is 0.341 e. The van der Waals surface area contributed by atoms with Crippen molar-refractivity contribution < 1.29 is 18.7 Å². The first-order chi connectivity index (χ1) is 12.4. The second kappa shape index (κ2) is 7.58. The second-order valence-corrected chi connectivity index (χ2v) is 8.05. The lowest BCUT2D eigenvalue weighted by molar-refractivity contribution is 0.0378. The molecule has 1 aliphatic carbocycles. The van der Waals surface area contributed by atoms with E-state index in [9.17, 15) is 14.0 Å². The molecule has 3 rings (SSSR count). The van der Waals surface area contributed by atoms with E-state index in [2.05, 4.69) is 12.2 Å². The van der Waals surface area contributed by atoms with Crippen molar-refractivity contribution in [2.75, 3.05) is 5.32 Å². The van der Waals surface area contributed by atoms with Gasteiger partial charge in [-0.1, -0.05) is 19.1 Å². The number of anilines is 1. The molecule has 1 heterocycles. The van der Waals surface area contributed by atoms with E-state index in [0.29, 0.717) is 16.5 Å². The van der Waals surface area contributed by atoms with Crippen LogP contribution < -0.4 is 5.32 Å². The van der Waals surface area contributed by atoms with Crippen molar-refractivity contribution in [1.82, 2.24) is 0 Å². The quantitative estimate of drug-likeness (QED) is 0.779. The van der Waals surface area contributed by atoms with Gasteiger partial charge in [-0.2, -0.15) is 0 Å². The van der Waals surface area contributed by atoms with E-state index < -0.39 is 17.7 Å². The van der Waals surface area contributed by atoms with Crippen LogP contribution in [0, 0.1) is 11.7 Å². The number of rotatable bonds is 4. The highest BCUT2D eigenvalue weighted by atomic mass is 32.1. The largest absolute Gasteiger partial charge is 0.459 e. The predicted molar refractivity (Wildman–Crippen MR) is 100 cm³/mol. The number of carbonyl (C=O) groups is 2. The van der Waals surface area contributed by atoms with Gasteiger partial charge < -0.3 is 10.1 Å². The molecule has 0 bridgehead atoms. The number of nitrogens with one attached hydrogen (secondary N) is 1. The number of ether oxygens (including phenoxy) is 1. The molecule has 0 spiro atoms. The molecule has 1 amide bonds. The number of amides is 1. The maximum atomic E-state index is 13.9. The minimum Gasteiger partial charge on any atom is -0.459 e. The molecule has 26 heavy (non-hydrogen) atoms. The minimum atomic E-state index is -0.591. The Balaban J connectivity index is 1.96. The van der Waals surface area contributed by atoms with E-state index in [4.69, 9.17) is 4.74 Å². The summed E-state index contributed by atoms with van der Waals surface area (Å²) in [5.74, 6) is -1.05. The Morgan fingerprint density at radius 3 is 2.73 bits per heavy atom. The summed E-state index contributed by atoms with van der Waals surface area (Å²) >= 11 is 1.39. The van der Waals surface area contributed by atoms with Gasteiger partial charge in [0, 0.05) is 4.88 Å². The molecule has 0 saturated carbocycles. The van der Waals surface area contributed by atoms with Crippen LogP contribution in [-0.4, -0.2) is 18.0 Å².